The first kappa shape index (κ1) is 16.9. The Labute approximate surface area is 153 Å². The standard InChI is InChI=1S/C17H17ClN4O4/c1-20-14-13(15(23)21(2)17(20)24)19-16-22(14)7-11(26-16)9-25-8-10-5-3-4-6-12(10)18/h3-6,11H,7-9H2,1-2H3. The first-order valence-corrected chi connectivity index (χ1v) is 8.49. The van der Waals surface area contributed by atoms with Gasteiger partial charge in [-0.1, -0.05) is 29.8 Å². The van der Waals surface area contributed by atoms with E-state index in [1.807, 2.05) is 24.3 Å². The minimum Gasteiger partial charge on any atom is -0.457 e. The SMILES string of the molecule is Cn1c(=O)c2nc3n(c2n(C)c1=O)CC(COCc1ccccc1Cl)O3. The molecule has 1 aliphatic heterocycles. The van der Waals surface area contributed by atoms with Crippen LogP contribution in [0, 0.1) is 0 Å². The highest BCUT2D eigenvalue weighted by Gasteiger charge is 2.29. The van der Waals surface area contributed by atoms with Gasteiger partial charge in [-0.3, -0.25) is 18.5 Å². The molecule has 0 bridgehead atoms. The summed E-state index contributed by atoms with van der Waals surface area (Å²) in [5.74, 6) is 0. The summed E-state index contributed by atoms with van der Waals surface area (Å²) < 4.78 is 15.7. The monoisotopic (exact) mass is 376 g/mol. The minimum atomic E-state index is -0.430. The Balaban J connectivity index is 1.52. The summed E-state index contributed by atoms with van der Waals surface area (Å²) in [6.45, 7) is 1.17. The molecule has 0 saturated carbocycles. The number of nitrogens with zero attached hydrogens (tertiary/aromatic N) is 4. The smallest absolute Gasteiger partial charge is 0.332 e. The number of halogens is 1. The van der Waals surface area contributed by atoms with Gasteiger partial charge in [0.05, 0.1) is 19.8 Å². The van der Waals surface area contributed by atoms with Crippen LogP contribution in [0.3, 0.4) is 0 Å². The summed E-state index contributed by atoms with van der Waals surface area (Å²) >= 11 is 6.11. The summed E-state index contributed by atoms with van der Waals surface area (Å²) in [5.41, 5.74) is 0.756. The minimum absolute atomic E-state index is 0.222. The average molecular weight is 377 g/mol. The van der Waals surface area contributed by atoms with Gasteiger partial charge in [-0.15, -0.1) is 0 Å². The number of imidazole rings is 1. The number of benzene rings is 1. The Hall–Kier alpha value is -2.58. The van der Waals surface area contributed by atoms with Crippen molar-refractivity contribution in [3.8, 4) is 6.01 Å². The molecule has 4 rings (SSSR count). The second kappa shape index (κ2) is 6.30. The predicted octanol–water partition coefficient (Wildman–Crippen LogP) is 1.06. The maximum absolute atomic E-state index is 12.2. The molecule has 1 unspecified atom stereocenters. The summed E-state index contributed by atoms with van der Waals surface area (Å²) in [7, 11) is 3.04. The number of hydrogen-bond acceptors (Lipinski definition) is 5. The van der Waals surface area contributed by atoms with Crippen LogP contribution in [0.25, 0.3) is 11.2 Å². The van der Waals surface area contributed by atoms with Gasteiger partial charge in [-0.05, 0) is 11.6 Å². The van der Waals surface area contributed by atoms with Crippen LogP contribution in [0.1, 0.15) is 5.56 Å². The topological polar surface area (TPSA) is 80.3 Å². The van der Waals surface area contributed by atoms with E-state index in [2.05, 4.69) is 4.98 Å². The zero-order valence-corrected chi connectivity index (χ0v) is 15.1. The van der Waals surface area contributed by atoms with E-state index in [1.54, 1.807) is 11.6 Å². The molecule has 1 aliphatic rings. The Morgan fingerprint density at radius 1 is 1.27 bits per heavy atom. The first-order valence-electron chi connectivity index (χ1n) is 8.11. The lowest BCUT2D eigenvalue weighted by Gasteiger charge is -2.11. The third-order valence-corrected chi connectivity index (χ3v) is 4.85. The lowest BCUT2D eigenvalue weighted by atomic mass is 10.2. The molecule has 0 radical (unpaired) electrons. The van der Waals surface area contributed by atoms with E-state index < -0.39 is 11.2 Å². The molecule has 8 nitrogen and oxygen atoms in total. The van der Waals surface area contributed by atoms with Crippen molar-refractivity contribution in [1.29, 1.82) is 0 Å². The van der Waals surface area contributed by atoms with Gasteiger partial charge in [-0.2, -0.15) is 4.98 Å². The van der Waals surface area contributed by atoms with Gasteiger partial charge in [0.25, 0.3) is 11.6 Å². The van der Waals surface area contributed by atoms with Gasteiger partial charge < -0.3 is 9.47 Å². The van der Waals surface area contributed by atoms with Crippen molar-refractivity contribution < 1.29 is 9.47 Å². The Morgan fingerprint density at radius 2 is 2.04 bits per heavy atom. The van der Waals surface area contributed by atoms with Crippen LogP contribution in [-0.4, -0.2) is 31.4 Å². The molecule has 3 aromatic rings. The molecule has 1 atom stereocenters. The molecule has 2 aromatic heterocycles. The Bertz CT molecular complexity index is 1110. The van der Waals surface area contributed by atoms with Crippen molar-refractivity contribution >= 4 is 22.8 Å². The zero-order valence-electron chi connectivity index (χ0n) is 14.3. The molecule has 0 fully saturated rings. The van der Waals surface area contributed by atoms with E-state index in [0.717, 1.165) is 10.1 Å². The van der Waals surface area contributed by atoms with Crippen LogP contribution in [-0.2, 0) is 32.0 Å². The van der Waals surface area contributed by atoms with Crippen molar-refractivity contribution in [2.75, 3.05) is 6.61 Å². The summed E-state index contributed by atoms with van der Waals surface area (Å²) in [4.78, 5) is 28.6. The number of hydrogen-bond donors (Lipinski definition) is 0. The van der Waals surface area contributed by atoms with E-state index in [1.165, 1.54) is 11.6 Å². The molecule has 0 spiro atoms. The molecule has 3 heterocycles. The number of aromatic nitrogens is 4. The van der Waals surface area contributed by atoms with Crippen molar-refractivity contribution in [2.24, 2.45) is 14.1 Å². The second-order valence-electron chi connectivity index (χ2n) is 6.23. The number of aryl methyl sites for hydroxylation is 1. The number of fused-ring (bicyclic) bond motifs is 3. The van der Waals surface area contributed by atoms with E-state index >= 15 is 0 Å². The summed E-state index contributed by atoms with van der Waals surface area (Å²) in [6.07, 6.45) is -0.247. The maximum atomic E-state index is 12.2. The first-order chi connectivity index (χ1) is 12.5. The lowest BCUT2D eigenvalue weighted by Crippen LogP contribution is -2.37. The average Bonchev–Trinajstić information content (AvgIpc) is 3.17. The summed E-state index contributed by atoms with van der Waals surface area (Å²) in [5, 5.41) is 0.657. The van der Waals surface area contributed by atoms with Crippen LogP contribution in [0.4, 0.5) is 0 Å². The van der Waals surface area contributed by atoms with Crippen LogP contribution in [0.2, 0.25) is 5.02 Å². The van der Waals surface area contributed by atoms with Crippen molar-refractivity contribution in [1.82, 2.24) is 18.7 Å². The maximum Gasteiger partial charge on any atom is 0.332 e. The fourth-order valence-corrected chi connectivity index (χ4v) is 3.31. The quantitative estimate of drug-likeness (QED) is 0.680. The van der Waals surface area contributed by atoms with E-state index in [9.17, 15) is 9.59 Å². The highest BCUT2D eigenvalue weighted by molar-refractivity contribution is 6.31. The van der Waals surface area contributed by atoms with Gasteiger partial charge in [0, 0.05) is 19.1 Å². The zero-order chi connectivity index (χ0) is 18.4. The largest absolute Gasteiger partial charge is 0.457 e. The van der Waals surface area contributed by atoms with Crippen LogP contribution < -0.4 is 16.0 Å². The number of rotatable bonds is 4. The highest BCUT2D eigenvalue weighted by Crippen LogP contribution is 2.26. The molecule has 0 saturated heterocycles. The van der Waals surface area contributed by atoms with Gasteiger partial charge >= 0.3 is 5.69 Å². The van der Waals surface area contributed by atoms with Crippen LogP contribution >= 0.6 is 11.6 Å². The van der Waals surface area contributed by atoms with Crippen molar-refractivity contribution in [3.05, 3.63) is 55.7 Å². The molecule has 0 aliphatic carbocycles. The molecule has 9 heteroatoms. The van der Waals surface area contributed by atoms with Crippen LogP contribution in [0.15, 0.2) is 33.9 Å². The number of ether oxygens (including phenoxy) is 2. The van der Waals surface area contributed by atoms with E-state index in [4.69, 9.17) is 21.1 Å². The Kier molecular flexibility index (Phi) is 4.08. The normalized spacial score (nSPS) is 16.0. The van der Waals surface area contributed by atoms with Crippen molar-refractivity contribution in [2.45, 2.75) is 19.3 Å². The van der Waals surface area contributed by atoms with Gasteiger partial charge in [0.15, 0.2) is 11.2 Å². The Morgan fingerprint density at radius 3 is 2.81 bits per heavy atom. The molecular weight excluding hydrogens is 360 g/mol. The van der Waals surface area contributed by atoms with Gasteiger partial charge in [0.2, 0.25) is 0 Å². The van der Waals surface area contributed by atoms with Gasteiger partial charge in [-0.25, -0.2) is 4.79 Å². The van der Waals surface area contributed by atoms with Crippen molar-refractivity contribution in [3.63, 3.8) is 0 Å². The van der Waals surface area contributed by atoms with E-state index in [0.29, 0.717) is 36.4 Å². The fraction of sp³-hybridized carbons (Fsp3) is 0.353. The van der Waals surface area contributed by atoms with Crippen LogP contribution in [0.5, 0.6) is 6.01 Å². The third kappa shape index (κ3) is 2.62. The second-order valence-corrected chi connectivity index (χ2v) is 6.64. The highest BCUT2D eigenvalue weighted by atomic mass is 35.5. The predicted molar refractivity (Wildman–Crippen MR) is 95.7 cm³/mol. The third-order valence-electron chi connectivity index (χ3n) is 4.48. The molecule has 0 N–H and O–H groups in total. The van der Waals surface area contributed by atoms with E-state index in [-0.39, 0.29) is 11.6 Å². The molecule has 1 aromatic carbocycles. The summed E-state index contributed by atoms with van der Waals surface area (Å²) in [6, 6.07) is 7.81. The fourth-order valence-electron chi connectivity index (χ4n) is 3.12. The molecule has 136 valence electrons. The molecule has 26 heavy (non-hydrogen) atoms. The molecular formula is C17H17ClN4O4. The lowest BCUT2D eigenvalue weighted by molar-refractivity contribution is 0.0487. The van der Waals surface area contributed by atoms with Gasteiger partial charge in [0.1, 0.15) is 6.10 Å². The molecule has 0 amide bonds.